The molecule has 0 saturated carbocycles. The average molecular weight is 254 g/mol. The van der Waals surface area contributed by atoms with Gasteiger partial charge in [-0.3, -0.25) is 9.69 Å². The number of rotatable bonds is 4. The standard InChI is InChI=1S/C14H26N2O2/c17-14(18)12-16-9-5-6-13(11-16)10-15-7-3-1-2-4-8-15/h13H,1-12H2,(H,17,18)/t13-/m1/s1. The number of piperidine rings is 1. The number of hydrogen-bond donors (Lipinski definition) is 1. The van der Waals surface area contributed by atoms with E-state index < -0.39 is 5.97 Å². The molecule has 0 aromatic rings. The van der Waals surface area contributed by atoms with Crippen molar-refractivity contribution in [3.05, 3.63) is 0 Å². The van der Waals surface area contributed by atoms with Crippen LogP contribution in [0.3, 0.4) is 0 Å². The fraction of sp³-hybridized carbons (Fsp3) is 0.929. The molecule has 104 valence electrons. The molecule has 1 atom stereocenters. The van der Waals surface area contributed by atoms with Gasteiger partial charge in [-0.25, -0.2) is 0 Å². The molecular weight excluding hydrogens is 228 g/mol. The minimum atomic E-state index is -0.689. The first-order valence-corrected chi connectivity index (χ1v) is 7.40. The first-order valence-electron chi connectivity index (χ1n) is 7.40. The van der Waals surface area contributed by atoms with Gasteiger partial charge in [-0.15, -0.1) is 0 Å². The van der Waals surface area contributed by atoms with Gasteiger partial charge >= 0.3 is 5.97 Å². The van der Waals surface area contributed by atoms with Gasteiger partial charge in [-0.2, -0.15) is 0 Å². The summed E-state index contributed by atoms with van der Waals surface area (Å²) in [6.07, 6.45) is 7.87. The Bertz CT molecular complexity index is 263. The zero-order valence-corrected chi connectivity index (χ0v) is 11.3. The largest absolute Gasteiger partial charge is 0.480 e. The Labute approximate surface area is 110 Å². The maximum Gasteiger partial charge on any atom is 0.317 e. The Balaban J connectivity index is 1.75. The second kappa shape index (κ2) is 7.10. The van der Waals surface area contributed by atoms with Crippen LogP contribution in [0.1, 0.15) is 38.5 Å². The van der Waals surface area contributed by atoms with E-state index in [2.05, 4.69) is 9.80 Å². The van der Waals surface area contributed by atoms with Crippen LogP contribution in [0.4, 0.5) is 0 Å². The van der Waals surface area contributed by atoms with Gasteiger partial charge in [0, 0.05) is 13.1 Å². The van der Waals surface area contributed by atoms with E-state index in [1.54, 1.807) is 0 Å². The molecule has 2 aliphatic heterocycles. The van der Waals surface area contributed by atoms with Gasteiger partial charge in [-0.1, -0.05) is 12.8 Å². The number of carbonyl (C=O) groups is 1. The Morgan fingerprint density at radius 3 is 2.33 bits per heavy atom. The van der Waals surface area contributed by atoms with Crippen molar-refractivity contribution >= 4 is 5.97 Å². The molecule has 0 unspecified atom stereocenters. The van der Waals surface area contributed by atoms with E-state index in [1.165, 1.54) is 51.7 Å². The Hall–Kier alpha value is -0.610. The second-order valence-electron chi connectivity index (χ2n) is 5.85. The number of likely N-dealkylation sites (tertiary alicyclic amines) is 2. The molecule has 2 rings (SSSR count). The quantitative estimate of drug-likeness (QED) is 0.828. The molecule has 18 heavy (non-hydrogen) atoms. The van der Waals surface area contributed by atoms with Crippen LogP contribution in [-0.2, 0) is 4.79 Å². The summed E-state index contributed by atoms with van der Waals surface area (Å²) >= 11 is 0. The van der Waals surface area contributed by atoms with E-state index >= 15 is 0 Å². The second-order valence-corrected chi connectivity index (χ2v) is 5.85. The van der Waals surface area contributed by atoms with E-state index in [0.29, 0.717) is 5.92 Å². The highest BCUT2D eigenvalue weighted by atomic mass is 16.4. The molecule has 1 N–H and O–H groups in total. The zero-order chi connectivity index (χ0) is 12.8. The molecule has 0 radical (unpaired) electrons. The monoisotopic (exact) mass is 254 g/mol. The number of carboxylic acids is 1. The molecule has 0 aromatic carbocycles. The van der Waals surface area contributed by atoms with Gasteiger partial charge in [0.05, 0.1) is 6.54 Å². The topological polar surface area (TPSA) is 43.8 Å². The summed E-state index contributed by atoms with van der Waals surface area (Å²) in [7, 11) is 0. The SMILES string of the molecule is O=C(O)CN1CCC[C@H](CN2CCCCCC2)C1. The average Bonchev–Trinajstić information content (AvgIpc) is 2.57. The molecule has 2 heterocycles. The highest BCUT2D eigenvalue weighted by molar-refractivity contribution is 5.69. The smallest absolute Gasteiger partial charge is 0.317 e. The predicted octanol–water partition coefficient (Wildman–Crippen LogP) is 1.66. The van der Waals surface area contributed by atoms with Gasteiger partial charge in [0.15, 0.2) is 0 Å². The lowest BCUT2D eigenvalue weighted by atomic mass is 9.97. The minimum absolute atomic E-state index is 0.219. The maximum atomic E-state index is 10.8. The molecule has 2 aliphatic rings. The van der Waals surface area contributed by atoms with Gasteiger partial charge in [0.1, 0.15) is 0 Å². The predicted molar refractivity (Wildman–Crippen MR) is 71.7 cm³/mol. The number of nitrogens with zero attached hydrogens (tertiary/aromatic N) is 2. The van der Waals surface area contributed by atoms with Crippen molar-refractivity contribution in [1.29, 1.82) is 0 Å². The van der Waals surface area contributed by atoms with Crippen molar-refractivity contribution in [2.45, 2.75) is 38.5 Å². The normalized spacial score (nSPS) is 27.9. The number of carboxylic acid groups (broad SMARTS) is 1. The third-order valence-corrected chi connectivity index (χ3v) is 4.18. The van der Waals surface area contributed by atoms with E-state index in [4.69, 9.17) is 5.11 Å². The molecule has 0 amide bonds. The van der Waals surface area contributed by atoms with Crippen LogP contribution < -0.4 is 0 Å². The molecule has 2 saturated heterocycles. The lowest BCUT2D eigenvalue weighted by Crippen LogP contribution is -2.43. The van der Waals surface area contributed by atoms with Gasteiger partial charge in [-0.05, 0) is 51.2 Å². The van der Waals surface area contributed by atoms with Crippen molar-refractivity contribution in [3.8, 4) is 0 Å². The molecule has 4 heteroatoms. The van der Waals surface area contributed by atoms with Crippen molar-refractivity contribution in [2.75, 3.05) is 39.3 Å². The summed E-state index contributed by atoms with van der Waals surface area (Å²) in [6, 6.07) is 0. The molecule has 4 nitrogen and oxygen atoms in total. The van der Waals surface area contributed by atoms with E-state index in [9.17, 15) is 4.79 Å². The molecule has 0 aliphatic carbocycles. The lowest BCUT2D eigenvalue weighted by molar-refractivity contribution is -0.138. The zero-order valence-electron chi connectivity index (χ0n) is 11.3. The van der Waals surface area contributed by atoms with Crippen LogP contribution in [-0.4, -0.2) is 60.1 Å². The first kappa shape index (κ1) is 13.8. The molecule has 2 fully saturated rings. The molecule has 0 bridgehead atoms. The van der Waals surface area contributed by atoms with E-state index in [0.717, 1.165) is 19.5 Å². The highest BCUT2D eigenvalue weighted by Crippen LogP contribution is 2.19. The molecule has 0 spiro atoms. The molecular formula is C14H26N2O2. The maximum absolute atomic E-state index is 10.8. The summed E-state index contributed by atoms with van der Waals surface area (Å²) in [5.41, 5.74) is 0. The third-order valence-electron chi connectivity index (χ3n) is 4.18. The number of hydrogen-bond acceptors (Lipinski definition) is 3. The van der Waals surface area contributed by atoms with Crippen LogP contribution in [0.15, 0.2) is 0 Å². The van der Waals surface area contributed by atoms with Crippen LogP contribution in [0.5, 0.6) is 0 Å². The summed E-state index contributed by atoms with van der Waals surface area (Å²) in [6.45, 7) is 5.82. The Morgan fingerprint density at radius 2 is 1.67 bits per heavy atom. The van der Waals surface area contributed by atoms with Crippen LogP contribution in [0.25, 0.3) is 0 Å². The first-order chi connectivity index (χ1) is 8.74. The fourth-order valence-corrected chi connectivity index (χ4v) is 3.32. The van der Waals surface area contributed by atoms with E-state index in [1.807, 2.05) is 0 Å². The van der Waals surface area contributed by atoms with Gasteiger partial charge in [0.25, 0.3) is 0 Å². The van der Waals surface area contributed by atoms with Crippen LogP contribution in [0, 0.1) is 5.92 Å². The Kier molecular flexibility index (Phi) is 5.45. The summed E-state index contributed by atoms with van der Waals surface area (Å²) < 4.78 is 0. The molecule has 0 aromatic heterocycles. The van der Waals surface area contributed by atoms with Crippen molar-refractivity contribution in [1.82, 2.24) is 9.80 Å². The van der Waals surface area contributed by atoms with E-state index in [-0.39, 0.29) is 6.54 Å². The lowest BCUT2D eigenvalue weighted by Gasteiger charge is -2.34. The number of aliphatic carboxylic acids is 1. The summed E-state index contributed by atoms with van der Waals surface area (Å²) in [5, 5.41) is 8.86. The summed E-state index contributed by atoms with van der Waals surface area (Å²) in [5.74, 6) is -0.0124. The van der Waals surface area contributed by atoms with Crippen molar-refractivity contribution in [3.63, 3.8) is 0 Å². The van der Waals surface area contributed by atoms with Gasteiger partial charge in [0.2, 0.25) is 0 Å². The highest BCUT2D eigenvalue weighted by Gasteiger charge is 2.23. The van der Waals surface area contributed by atoms with Gasteiger partial charge < -0.3 is 10.0 Å². The van der Waals surface area contributed by atoms with Crippen LogP contribution >= 0.6 is 0 Å². The summed E-state index contributed by atoms with van der Waals surface area (Å²) in [4.78, 5) is 15.5. The minimum Gasteiger partial charge on any atom is -0.480 e. The Morgan fingerprint density at radius 1 is 1.00 bits per heavy atom. The fourth-order valence-electron chi connectivity index (χ4n) is 3.32. The van der Waals surface area contributed by atoms with Crippen molar-refractivity contribution in [2.24, 2.45) is 5.92 Å². The van der Waals surface area contributed by atoms with Crippen LogP contribution in [0.2, 0.25) is 0 Å². The third kappa shape index (κ3) is 4.58. The van der Waals surface area contributed by atoms with Crippen molar-refractivity contribution < 1.29 is 9.90 Å².